The molecule has 0 spiro atoms. The van der Waals surface area contributed by atoms with Gasteiger partial charge in [0.25, 0.3) is 0 Å². The molecule has 0 saturated carbocycles. The first-order chi connectivity index (χ1) is 10.3. The summed E-state index contributed by atoms with van der Waals surface area (Å²) >= 11 is 0. The second kappa shape index (κ2) is 9.84. The first-order valence-corrected chi connectivity index (χ1v) is 6.80. The van der Waals surface area contributed by atoms with Gasteiger partial charge >= 0.3 is 0 Å². The standard InChI is InChI=1S/C16H19N5.HI/c1-3-10-18-16(17-2)19-12-9-14-5-7-15(8-6-14)21-13-4-11-20-21;/h1,4-8,11,13H,9-10,12H2,2H3,(H2,17,18,19);1H. The molecule has 116 valence electrons. The summed E-state index contributed by atoms with van der Waals surface area (Å²) in [6.45, 7) is 1.27. The third-order valence-electron chi connectivity index (χ3n) is 2.99. The molecule has 1 heterocycles. The lowest BCUT2D eigenvalue weighted by Gasteiger charge is -2.10. The van der Waals surface area contributed by atoms with Gasteiger partial charge in [-0.3, -0.25) is 4.99 Å². The quantitative estimate of drug-likeness (QED) is 0.343. The molecule has 0 atom stereocenters. The predicted octanol–water partition coefficient (Wildman–Crippen LogP) is 1.83. The molecule has 1 aromatic carbocycles. The van der Waals surface area contributed by atoms with E-state index in [1.165, 1.54) is 5.56 Å². The van der Waals surface area contributed by atoms with E-state index in [2.05, 4.69) is 50.9 Å². The van der Waals surface area contributed by atoms with E-state index in [1.54, 1.807) is 13.2 Å². The maximum Gasteiger partial charge on any atom is 0.191 e. The Kier molecular flexibility index (Phi) is 8.07. The van der Waals surface area contributed by atoms with Gasteiger partial charge in [-0.15, -0.1) is 30.4 Å². The van der Waals surface area contributed by atoms with Crippen LogP contribution in [0, 0.1) is 12.3 Å². The number of terminal acetylenes is 1. The van der Waals surface area contributed by atoms with E-state index in [4.69, 9.17) is 6.42 Å². The molecular weight excluding hydrogens is 389 g/mol. The van der Waals surface area contributed by atoms with Gasteiger partial charge in [-0.1, -0.05) is 18.1 Å². The molecule has 2 N–H and O–H groups in total. The minimum absolute atomic E-state index is 0. The summed E-state index contributed by atoms with van der Waals surface area (Å²) in [7, 11) is 1.73. The van der Waals surface area contributed by atoms with Gasteiger partial charge in [0, 0.05) is 26.0 Å². The van der Waals surface area contributed by atoms with Crippen molar-refractivity contribution in [2.45, 2.75) is 6.42 Å². The van der Waals surface area contributed by atoms with Crippen LogP contribution in [0.3, 0.4) is 0 Å². The fourth-order valence-corrected chi connectivity index (χ4v) is 1.92. The molecule has 0 fully saturated rings. The van der Waals surface area contributed by atoms with Crippen molar-refractivity contribution in [3.8, 4) is 18.0 Å². The number of hydrogen-bond donors (Lipinski definition) is 2. The first-order valence-electron chi connectivity index (χ1n) is 6.80. The van der Waals surface area contributed by atoms with Crippen LogP contribution < -0.4 is 10.6 Å². The largest absolute Gasteiger partial charge is 0.356 e. The number of nitrogens with one attached hydrogen (secondary N) is 2. The van der Waals surface area contributed by atoms with Crippen LogP contribution in [0.15, 0.2) is 47.7 Å². The van der Waals surface area contributed by atoms with Crippen LogP contribution >= 0.6 is 24.0 Å². The number of nitrogens with zero attached hydrogens (tertiary/aromatic N) is 3. The van der Waals surface area contributed by atoms with Gasteiger partial charge in [0.05, 0.1) is 12.2 Å². The maximum absolute atomic E-state index is 5.20. The van der Waals surface area contributed by atoms with Crippen molar-refractivity contribution in [1.82, 2.24) is 20.4 Å². The van der Waals surface area contributed by atoms with Crippen LogP contribution in [0.5, 0.6) is 0 Å². The average Bonchev–Trinajstić information content (AvgIpc) is 3.05. The number of halogens is 1. The molecule has 2 aromatic rings. The lowest BCUT2D eigenvalue weighted by molar-refractivity contribution is 0.822. The Bertz CT molecular complexity index is 611. The van der Waals surface area contributed by atoms with Gasteiger partial charge in [0.15, 0.2) is 5.96 Å². The van der Waals surface area contributed by atoms with Crippen molar-refractivity contribution >= 4 is 29.9 Å². The van der Waals surface area contributed by atoms with Crippen molar-refractivity contribution in [3.05, 3.63) is 48.3 Å². The van der Waals surface area contributed by atoms with Gasteiger partial charge in [0.2, 0.25) is 0 Å². The minimum atomic E-state index is 0. The second-order valence-electron chi connectivity index (χ2n) is 4.42. The summed E-state index contributed by atoms with van der Waals surface area (Å²) in [5, 5.41) is 10.5. The third-order valence-corrected chi connectivity index (χ3v) is 2.99. The third kappa shape index (κ3) is 5.41. The molecule has 0 aliphatic heterocycles. The molecule has 2 rings (SSSR count). The van der Waals surface area contributed by atoms with E-state index < -0.39 is 0 Å². The summed E-state index contributed by atoms with van der Waals surface area (Å²) in [5.41, 5.74) is 2.31. The van der Waals surface area contributed by atoms with Crippen LogP contribution in [-0.4, -0.2) is 35.9 Å². The highest BCUT2D eigenvalue weighted by atomic mass is 127. The highest BCUT2D eigenvalue weighted by Gasteiger charge is 1.99. The van der Waals surface area contributed by atoms with Crippen molar-refractivity contribution in [2.75, 3.05) is 20.1 Å². The minimum Gasteiger partial charge on any atom is -0.356 e. The van der Waals surface area contributed by atoms with E-state index in [9.17, 15) is 0 Å². The van der Waals surface area contributed by atoms with Gasteiger partial charge < -0.3 is 10.6 Å². The predicted molar refractivity (Wildman–Crippen MR) is 101 cm³/mol. The van der Waals surface area contributed by atoms with Crippen LogP contribution in [-0.2, 0) is 6.42 Å². The highest BCUT2D eigenvalue weighted by Crippen LogP contribution is 2.08. The SMILES string of the molecule is C#CCNC(=NC)NCCc1ccc(-n2cccn2)cc1.I. The van der Waals surface area contributed by atoms with Crippen molar-refractivity contribution in [1.29, 1.82) is 0 Å². The lowest BCUT2D eigenvalue weighted by Crippen LogP contribution is -2.38. The normalized spacial score (nSPS) is 10.5. The van der Waals surface area contributed by atoms with Crippen LogP contribution in [0.25, 0.3) is 5.69 Å². The zero-order valence-corrected chi connectivity index (χ0v) is 14.8. The van der Waals surface area contributed by atoms with E-state index >= 15 is 0 Å². The Morgan fingerprint density at radius 2 is 2.09 bits per heavy atom. The molecule has 1 aromatic heterocycles. The monoisotopic (exact) mass is 409 g/mol. The highest BCUT2D eigenvalue weighted by molar-refractivity contribution is 14.0. The molecular formula is C16H20IN5. The molecule has 0 amide bonds. The van der Waals surface area contributed by atoms with E-state index in [0.717, 1.165) is 24.6 Å². The molecule has 0 unspecified atom stereocenters. The van der Waals surface area contributed by atoms with E-state index in [-0.39, 0.29) is 24.0 Å². The number of aliphatic imine (C=N–C) groups is 1. The van der Waals surface area contributed by atoms with Crippen LogP contribution in [0.2, 0.25) is 0 Å². The Hall–Kier alpha value is -2.01. The van der Waals surface area contributed by atoms with Crippen molar-refractivity contribution in [2.24, 2.45) is 4.99 Å². The van der Waals surface area contributed by atoms with Gasteiger partial charge in [-0.25, -0.2) is 4.68 Å². The summed E-state index contributed by atoms with van der Waals surface area (Å²) in [6, 6.07) is 10.3. The molecule has 0 aliphatic carbocycles. The fourth-order valence-electron chi connectivity index (χ4n) is 1.92. The van der Waals surface area contributed by atoms with Gasteiger partial charge in [-0.2, -0.15) is 5.10 Å². The lowest BCUT2D eigenvalue weighted by atomic mass is 10.1. The van der Waals surface area contributed by atoms with Crippen LogP contribution in [0.4, 0.5) is 0 Å². The smallest absolute Gasteiger partial charge is 0.191 e. The Balaban J connectivity index is 0.00000242. The van der Waals surface area contributed by atoms with E-state index in [1.807, 2.05) is 16.9 Å². The number of hydrogen-bond acceptors (Lipinski definition) is 2. The van der Waals surface area contributed by atoms with Crippen molar-refractivity contribution in [3.63, 3.8) is 0 Å². The zero-order valence-electron chi connectivity index (χ0n) is 12.5. The number of benzene rings is 1. The Morgan fingerprint density at radius 3 is 2.68 bits per heavy atom. The Morgan fingerprint density at radius 1 is 1.32 bits per heavy atom. The number of rotatable bonds is 5. The van der Waals surface area contributed by atoms with Gasteiger partial charge in [0.1, 0.15) is 0 Å². The molecule has 0 bridgehead atoms. The summed E-state index contributed by atoms with van der Waals surface area (Å²) in [5.74, 6) is 3.24. The topological polar surface area (TPSA) is 54.2 Å². The number of aromatic nitrogens is 2. The maximum atomic E-state index is 5.20. The molecule has 0 aliphatic rings. The summed E-state index contributed by atoms with van der Waals surface area (Å²) in [4.78, 5) is 4.09. The summed E-state index contributed by atoms with van der Waals surface area (Å²) < 4.78 is 1.84. The molecule has 6 heteroatoms. The van der Waals surface area contributed by atoms with Crippen molar-refractivity contribution < 1.29 is 0 Å². The van der Waals surface area contributed by atoms with E-state index in [0.29, 0.717) is 6.54 Å². The Labute approximate surface area is 148 Å². The van der Waals surface area contributed by atoms with Crippen LogP contribution in [0.1, 0.15) is 5.56 Å². The zero-order chi connectivity index (χ0) is 14.9. The first kappa shape index (κ1) is 18.0. The number of guanidine groups is 1. The fraction of sp³-hybridized carbons (Fsp3) is 0.250. The molecule has 0 saturated heterocycles. The average molecular weight is 409 g/mol. The molecule has 0 radical (unpaired) electrons. The second-order valence-corrected chi connectivity index (χ2v) is 4.42. The summed E-state index contributed by atoms with van der Waals surface area (Å²) in [6.07, 6.45) is 9.81. The molecule has 5 nitrogen and oxygen atoms in total. The van der Waals surface area contributed by atoms with Gasteiger partial charge in [-0.05, 0) is 30.2 Å². The molecule has 22 heavy (non-hydrogen) atoms.